The number of rotatable bonds is 3. The van der Waals surface area contributed by atoms with Gasteiger partial charge in [0.25, 0.3) is 0 Å². The van der Waals surface area contributed by atoms with Crippen molar-refractivity contribution in [3.63, 3.8) is 0 Å². The van der Waals surface area contributed by atoms with Gasteiger partial charge in [0.1, 0.15) is 0 Å². The fourth-order valence-electron chi connectivity index (χ4n) is 0.248. The van der Waals surface area contributed by atoms with Gasteiger partial charge in [-0.25, -0.2) is 0 Å². The van der Waals surface area contributed by atoms with Crippen molar-refractivity contribution in [2.45, 2.75) is 6.92 Å². The van der Waals surface area contributed by atoms with Gasteiger partial charge in [-0.05, 0) is 6.92 Å². The monoisotopic (exact) mass is 112 g/mol. The van der Waals surface area contributed by atoms with Gasteiger partial charge in [-0.2, -0.15) is 0 Å². The molecule has 2 heteroatoms. The summed E-state index contributed by atoms with van der Waals surface area (Å²) in [5, 5.41) is 0. The van der Waals surface area contributed by atoms with E-state index >= 15 is 0 Å². The van der Waals surface area contributed by atoms with Crippen LogP contribution in [0.1, 0.15) is 6.92 Å². The lowest BCUT2D eigenvalue weighted by Crippen LogP contribution is -1.86. The Bertz CT molecular complexity index is 124. The highest BCUT2D eigenvalue weighted by atomic mass is 16.5. The molecule has 44 valence electrons. The van der Waals surface area contributed by atoms with E-state index in [-0.39, 0.29) is 5.76 Å². The van der Waals surface area contributed by atoms with Gasteiger partial charge in [0, 0.05) is 0 Å². The Morgan fingerprint density at radius 1 is 1.62 bits per heavy atom. The summed E-state index contributed by atoms with van der Waals surface area (Å²) >= 11 is 0. The quantitative estimate of drug-likeness (QED) is 0.312. The topological polar surface area (TPSA) is 26.3 Å². The summed E-state index contributed by atoms with van der Waals surface area (Å²) < 4.78 is 4.64. The maximum Gasteiger partial charge on any atom is 0.184 e. The minimum atomic E-state index is 0.0949. The molecular formula is C6H8O2. The maximum absolute atomic E-state index is 9.77. The van der Waals surface area contributed by atoms with Gasteiger partial charge in [-0.3, -0.25) is 4.79 Å². The summed E-state index contributed by atoms with van der Waals surface area (Å²) in [6, 6.07) is 0. The Balaban J connectivity index is 3.55. The summed E-state index contributed by atoms with van der Waals surface area (Å²) in [5.41, 5.74) is 0. The molecule has 0 aromatic carbocycles. The zero-order valence-electron chi connectivity index (χ0n) is 4.81. The highest BCUT2D eigenvalue weighted by Crippen LogP contribution is 1.96. The van der Waals surface area contributed by atoms with Gasteiger partial charge in [-0.15, -0.1) is 0 Å². The van der Waals surface area contributed by atoms with Crippen molar-refractivity contribution in [1.29, 1.82) is 0 Å². The van der Waals surface area contributed by atoms with Crippen LogP contribution in [-0.2, 0) is 9.53 Å². The van der Waals surface area contributed by atoms with Gasteiger partial charge in [-0.1, -0.05) is 13.2 Å². The van der Waals surface area contributed by atoms with Crippen LogP contribution in [0.3, 0.4) is 0 Å². The first-order chi connectivity index (χ1) is 3.66. The molecule has 0 saturated carbocycles. The van der Waals surface area contributed by atoms with Crippen molar-refractivity contribution in [2.75, 3.05) is 0 Å². The molecule has 0 aliphatic heterocycles. The van der Waals surface area contributed by atoms with E-state index in [2.05, 4.69) is 17.9 Å². The Labute approximate surface area is 48.5 Å². The van der Waals surface area contributed by atoms with Gasteiger partial charge in [0.05, 0.1) is 5.76 Å². The Hall–Kier alpha value is -1.05. The molecule has 0 aliphatic carbocycles. The maximum atomic E-state index is 9.77. The lowest BCUT2D eigenvalue weighted by molar-refractivity contribution is -0.107. The molecule has 2 nitrogen and oxygen atoms in total. The third-order valence-corrected chi connectivity index (χ3v) is 0.437. The molecule has 0 rings (SSSR count). The third-order valence-electron chi connectivity index (χ3n) is 0.437. The number of hydrogen-bond donors (Lipinski definition) is 0. The van der Waals surface area contributed by atoms with Crippen molar-refractivity contribution in [2.24, 2.45) is 0 Å². The molecule has 0 spiro atoms. The number of hydrogen-bond acceptors (Lipinski definition) is 2. The van der Waals surface area contributed by atoms with Crippen LogP contribution in [0.15, 0.2) is 24.7 Å². The molecule has 0 atom stereocenters. The van der Waals surface area contributed by atoms with Gasteiger partial charge < -0.3 is 4.74 Å². The molecule has 0 fully saturated rings. The Morgan fingerprint density at radius 2 is 2.12 bits per heavy atom. The van der Waals surface area contributed by atoms with Crippen molar-refractivity contribution < 1.29 is 9.53 Å². The van der Waals surface area contributed by atoms with Gasteiger partial charge in [0.2, 0.25) is 0 Å². The molecule has 0 aromatic rings. The first kappa shape index (κ1) is 6.95. The molecule has 0 heterocycles. The molecule has 0 bridgehead atoms. The van der Waals surface area contributed by atoms with Crippen LogP contribution in [0.2, 0.25) is 0 Å². The first-order valence-electron chi connectivity index (χ1n) is 2.14. The number of allylic oxidation sites excluding steroid dienone is 2. The van der Waals surface area contributed by atoms with Crippen LogP contribution < -0.4 is 0 Å². The van der Waals surface area contributed by atoms with Crippen LogP contribution in [0, 0.1) is 0 Å². The van der Waals surface area contributed by atoms with E-state index in [9.17, 15) is 4.79 Å². The van der Waals surface area contributed by atoms with Crippen molar-refractivity contribution in [3.05, 3.63) is 24.7 Å². The van der Waals surface area contributed by atoms with Crippen LogP contribution in [0.5, 0.6) is 0 Å². The highest BCUT2D eigenvalue weighted by molar-refractivity contribution is 5.69. The molecule has 0 aliphatic rings. The molecule has 0 radical (unpaired) electrons. The van der Waals surface area contributed by atoms with Gasteiger partial charge in [0.15, 0.2) is 12.0 Å². The molecular weight excluding hydrogens is 104 g/mol. The number of aldehydes is 1. The second kappa shape index (κ2) is 3.02. The molecule has 0 amide bonds. The van der Waals surface area contributed by atoms with E-state index in [1.165, 1.54) is 0 Å². The standard InChI is InChI=1S/C6H8O2/c1-5(2)8-6(3)4-7/h4H,1,3H2,2H3. The largest absolute Gasteiger partial charge is 0.460 e. The average molecular weight is 112 g/mol. The van der Waals surface area contributed by atoms with Gasteiger partial charge >= 0.3 is 0 Å². The summed E-state index contributed by atoms with van der Waals surface area (Å²) in [5.74, 6) is 0.569. The number of ether oxygens (including phenoxy) is 1. The number of carbonyl (C=O) groups excluding carboxylic acids is 1. The summed E-state index contributed by atoms with van der Waals surface area (Å²) in [7, 11) is 0. The molecule has 0 N–H and O–H groups in total. The second-order valence-corrected chi connectivity index (χ2v) is 1.39. The van der Waals surface area contributed by atoms with Crippen molar-refractivity contribution in [3.8, 4) is 0 Å². The Morgan fingerprint density at radius 3 is 2.25 bits per heavy atom. The summed E-state index contributed by atoms with van der Waals surface area (Å²) in [4.78, 5) is 9.77. The highest BCUT2D eigenvalue weighted by Gasteiger charge is 1.87. The lowest BCUT2D eigenvalue weighted by atomic mass is 10.6. The van der Waals surface area contributed by atoms with E-state index in [1.807, 2.05) is 0 Å². The molecule has 8 heavy (non-hydrogen) atoms. The normalized spacial score (nSPS) is 7.62. The fraction of sp³-hybridized carbons (Fsp3) is 0.167. The number of carbonyl (C=O) groups is 1. The SMILES string of the molecule is C=C(C)OC(=C)C=O. The molecule has 0 saturated heterocycles. The third kappa shape index (κ3) is 3.15. The van der Waals surface area contributed by atoms with E-state index in [1.54, 1.807) is 6.92 Å². The van der Waals surface area contributed by atoms with Crippen molar-refractivity contribution >= 4 is 6.29 Å². The summed E-state index contributed by atoms with van der Waals surface area (Å²) in [6.07, 6.45) is 0.536. The first-order valence-corrected chi connectivity index (χ1v) is 2.14. The predicted molar refractivity (Wildman–Crippen MR) is 31.1 cm³/mol. The fourth-order valence-corrected chi connectivity index (χ4v) is 0.248. The Kier molecular flexibility index (Phi) is 2.62. The minimum Gasteiger partial charge on any atom is -0.460 e. The van der Waals surface area contributed by atoms with E-state index in [0.717, 1.165) is 0 Å². The van der Waals surface area contributed by atoms with Crippen LogP contribution in [0.4, 0.5) is 0 Å². The van der Waals surface area contributed by atoms with Crippen molar-refractivity contribution in [1.82, 2.24) is 0 Å². The average Bonchev–Trinajstić information content (AvgIpc) is 1.65. The van der Waals surface area contributed by atoms with Crippen LogP contribution in [-0.4, -0.2) is 6.29 Å². The molecule has 0 aromatic heterocycles. The van der Waals surface area contributed by atoms with E-state index in [4.69, 9.17) is 0 Å². The van der Waals surface area contributed by atoms with E-state index in [0.29, 0.717) is 12.0 Å². The van der Waals surface area contributed by atoms with Crippen LogP contribution >= 0.6 is 0 Å². The zero-order valence-corrected chi connectivity index (χ0v) is 4.81. The predicted octanol–water partition coefficient (Wildman–Crippen LogP) is 1.25. The zero-order chi connectivity index (χ0) is 6.57. The van der Waals surface area contributed by atoms with E-state index < -0.39 is 0 Å². The summed E-state index contributed by atoms with van der Waals surface area (Å²) in [6.45, 7) is 8.31. The smallest absolute Gasteiger partial charge is 0.184 e. The van der Waals surface area contributed by atoms with Crippen LogP contribution in [0.25, 0.3) is 0 Å². The lowest BCUT2D eigenvalue weighted by Gasteiger charge is -1.97. The minimum absolute atomic E-state index is 0.0949. The molecule has 0 unspecified atom stereocenters. The second-order valence-electron chi connectivity index (χ2n) is 1.39.